The maximum Gasteiger partial charge on any atom is 0.319 e. The lowest BCUT2D eigenvalue weighted by Crippen LogP contribution is -2.50. The van der Waals surface area contributed by atoms with Crippen LogP contribution in [0.25, 0.3) is 0 Å². The summed E-state index contributed by atoms with van der Waals surface area (Å²) in [5.74, 6) is -0.352. The Hall–Kier alpha value is -2.40. The molecule has 136 valence electrons. The molecular weight excluding hydrogens is 329 g/mol. The van der Waals surface area contributed by atoms with Gasteiger partial charge >= 0.3 is 6.03 Å². The Bertz CT molecular complexity index is 753. The zero-order chi connectivity index (χ0) is 17.9. The van der Waals surface area contributed by atoms with Crippen LogP contribution in [0.3, 0.4) is 0 Å². The number of benzene rings is 2. The summed E-state index contributed by atoms with van der Waals surface area (Å²) in [6.45, 7) is 0.985. The highest BCUT2D eigenvalue weighted by Gasteiger charge is 2.40. The molecule has 26 heavy (non-hydrogen) atoms. The fourth-order valence-electron chi connectivity index (χ4n) is 4.36. The van der Waals surface area contributed by atoms with Gasteiger partial charge in [-0.1, -0.05) is 36.4 Å². The Morgan fingerprint density at radius 2 is 1.77 bits per heavy atom. The van der Waals surface area contributed by atoms with Crippen molar-refractivity contribution >= 4 is 11.7 Å². The summed E-state index contributed by atoms with van der Waals surface area (Å²) in [6, 6.07) is 17.5. The molecule has 2 bridgehead atoms. The van der Waals surface area contributed by atoms with E-state index in [9.17, 15) is 9.18 Å². The average Bonchev–Trinajstić information content (AvgIpc) is 2.85. The minimum absolute atomic E-state index is 0.174. The molecule has 2 fully saturated rings. The number of urea groups is 1. The van der Waals surface area contributed by atoms with Gasteiger partial charge in [-0.05, 0) is 49.4 Å². The van der Waals surface area contributed by atoms with Crippen LogP contribution in [-0.4, -0.2) is 29.1 Å². The summed E-state index contributed by atoms with van der Waals surface area (Å²) in [4.78, 5) is 14.8. The van der Waals surface area contributed by atoms with Crippen molar-refractivity contribution in [3.8, 4) is 0 Å². The van der Waals surface area contributed by atoms with Crippen LogP contribution >= 0.6 is 0 Å². The van der Waals surface area contributed by atoms with Gasteiger partial charge in [0.15, 0.2) is 0 Å². The van der Waals surface area contributed by atoms with Gasteiger partial charge < -0.3 is 10.6 Å². The van der Waals surface area contributed by atoms with Crippen LogP contribution in [0.5, 0.6) is 0 Å². The lowest BCUT2D eigenvalue weighted by atomic mass is 9.96. The summed E-state index contributed by atoms with van der Waals surface area (Å²) in [5, 5.41) is 5.80. The molecule has 0 aromatic heterocycles. The van der Waals surface area contributed by atoms with Gasteiger partial charge in [0.2, 0.25) is 0 Å². The van der Waals surface area contributed by atoms with Crippen LogP contribution in [0.2, 0.25) is 0 Å². The number of hydrogen-bond acceptors (Lipinski definition) is 2. The van der Waals surface area contributed by atoms with Crippen molar-refractivity contribution in [2.45, 2.75) is 50.4 Å². The predicted octanol–water partition coefficient (Wildman–Crippen LogP) is 4.14. The van der Waals surface area contributed by atoms with Gasteiger partial charge in [0.1, 0.15) is 5.82 Å². The number of anilines is 1. The highest BCUT2D eigenvalue weighted by molar-refractivity contribution is 5.89. The van der Waals surface area contributed by atoms with E-state index >= 15 is 0 Å². The number of rotatable bonds is 4. The summed E-state index contributed by atoms with van der Waals surface area (Å²) >= 11 is 0. The Labute approximate surface area is 153 Å². The predicted molar refractivity (Wildman–Crippen MR) is 100 cm³/mol. The number of halogens is 1. The van der Waals surface area contributed by atoms with Crippen LogP contribution in [0.15, 0.2) is 54.6 Å². The fourth-order valence-corrected chi connectivity index (χ4v) is 4.36. The summed E-state index contributed by atoms with van der Waals surface area (Å²) in [7, 11) is 0. The Kier molecular flexibility index (Phi) is 4.89. The number of amides is 2. The summed E-state index contributed by atoms with van der Waals surface area (Å²) < 4.78 is 13.2. The van der Waals surface area contributed by atoms with E-state index in [-0.39, 0.29) is 17.9 Å². The van der Waals surface area contributed by atoms with E-state index in [1.54, 1.807) is 12.1 Å². The number of piperidine rings is 1. The van der Waals surface area contributed by atoms with Crippen molar-refractivity contribution in [2.24, 2.45) is 0 Å². The van der Waals surface area contributed by atoms with Crippen LogP contribution < -0.4 is 10.6 Å². The van der Waals surface area contributed by atoms with Crippen LogP contribution in [0.4, 0.5) is 14.9 Å². The largest absolute Gasteiger partial charge is 0.335 e. The second-order valence-corrected chi connectivity index (χ2v) is 7.32. The molecular formula is C21H24FN3O. The third kappa shape index (κ3) is 3.88. The third-order valence-electron chi connectivity index (χ3n) is 5.51. The first kappa shape index (κ1) is 17.0. The second-order valence-electron chi connectivity index (χ2n) is 7.32. The van der Waals surface area contributed by atoms with Crippen molar-refractivity contribution < 1.29 is 9.18 Å². The van der Waals surface area contributed by atoms with Gasteiger partial charge in [0.05, 0.1) is 0 Å². The minimum Gasteiger partial charge on any atom is -0.335 e. The first-order valence-corrected chi connectivity index (χ1v) is 9.30. The van der Waals surface area contributed by atoms with E-state index in [0.29, 0.717) is 17.8 Å². The maximum atomic E-state index is 13.2. The van der Waals surface area contributed by atoms with E-state index < -0.39 is 0 Å². The highest BCUT2D eigenvalue weighted by atomic mass is 19.1. The first-order valence-electron chi connectivity index (χ1n) is 9.30. The number of hydrogen-bond donors (Lipinski definition) is 2. The standard InChI is InChI=1S/C21H24FN3O/c22-16-7-4-8-17(11-16)23-21(26)24-18-12-19-9-10-20(13-18)25(19)14-15-5-2-1-3-6-15/h1-8,11,18-20H,9-10,12-14H2,(H2,23,24,26). The Balaban J connectivity index is 1.33. The van der Waals surface area contributed by atoms with Gasteiger partial charge in [0.25, 0.3) is 0 Å². The zero-order valence-corrected chi connectivity index (χ0v) is 14.7. The number of fused-ring (bicyclic) bond motifs is 2. The van der Waals surface area contributed by atoms with E-state index in [2.05, 4.69) is 39.8 Å². The zero-order valence-electron chi connectivity index (χ0n) is 14.7. The topological polar surface area (TPSA) is 44.4 Å². The number of carbonyl (C=O) groups excluding carboxylic acids is 1. The summed E-state index contributed by atoms with van der Waals surface area (Å²) in [6.07, 6.45) is 4.34. The molecule has 0 saturated carbocycles. The summed E-state index contributed by atoms with van der Waals surface area (Å²) in [5.41, 5.74) is 1.83. The van der Waals surface area contributed by atoms with Crippen molar-refractivity contribution in [3.05, 3.63) is 66.0 Å². The highest BCUT2D eigenvalue weighted by Crippen LogP contribution is 2.36. The molecule has 5 heteroatoms. The van der Waals surface area contributed by atoms with Gasteiger partial charge in [-0.3, -0.25) is 4.90 Å². The third-order valence-corrected chi connectivity index (χ3v) is 5.51. The lowest BCUT2D eigenvalue weighted by Gasteiger charge is -2.39. The monoisotopic (exact) mass is 353 g/mol. The molecule has 0 spiro atoms. The molecule has 2 N–H and O–H groups in total. The quantitative estimate of drug-likeness (QED) is 0.867. The van der Waals surface area contributed by atoms with Crippen LogP contribution in [0.1, 0.15) is 31.2 Å². The second kappa shape index (κ2) is 7.46. The maximum absolute atomic E-state index is 13.2. The lowest BCUT2D eigenvalue weighted by molar-refractivity contribution is 0.112. The first-order chi connectivity index (χ1) is 12.7. The van der Waals surface area contributed by atoms with Gasteiger partial charge in [-0.15, -0.1) is 0 Å². The molecule has 2 aromatic rings. The molecule has 4 rings (SSSR count). The molecule has 2 aliphatic rings. The SMILES string of the molecule is O=C(Nc1cccc(F)c1)NC1CC2CCC(C1)N2Cc1ccccc1. The number of carbonyl (C=O) groups is 1. The molecule has 2 aliphatic heterocycles. The Morgan fingerprint density at radius 3 is 2.46 bits per heavy atom. The van der Waals surface area contributed by atoms with E-state index in [0.717, 1.165) is 19.4 Å². The normalized spacial score (nSPS) is 25.0. The molecule has 2 heterocycles. The fraction of sp³-hybridized carbons (Fsp3) is 0.381. The molecule has 2 saturated heterocycles. The smallest absolute Gasteiger partial charge is 0.319 e. The van der Waals surface area contributed by atoms with Crippen LogP contribution in [-0.2, 0) is 6.54 Å². The van der Waals surface area contributed by atoms with Crippen molar-refractivity contribution in [1.29, 1.82) is 0 Å². The number of nitrogens with zero attached hydrogens (tertiary/aromatic N) is 1. The molecule has 0 radical (unpaired) electrons. The molecule has 2 atom stereocenters. The van der Waals surface area contributed by atoms with Crippen molar-refractivity contribution in [3.63, 3.8) is 0 Å². The van der Waals surface area contributed by atoms with Crippen molar-refractivity contribution in [1.82, 2.24) is 10.2 Å². The van der Waals surface area contributed by atoms with E-state index in [1.807, 2.05) is 6.07 Å². The Morgan fingerprint density at radius 1 is 1.04 bits per heavy atom. The average molecular weight is 353 g/mol. The van der Waals surface area contributed by atoms with E-state index in [4.69, 9.17) is 0 Å². The van der Waals surface area contributed by atoms with E-state index in [1.165, 1.54) is 30.5 Å². The van der Waals surface area contributed by atoms with Gasteiger partial charge in [0, 0.05) is 30.4 Å². The molecule has 2 amide bonds. The van der Waals surface area contributed by atoms with Gasteiger partial charge in [-0.25, -0.2) is 9.18 Å². The van der Waals surface area contributed by atoms with Crippen LogP contribution in [0, 0.1) is 5.82 Å². The van der Waals surface area contributed by atoms with Crippen molar-refractivity contribution in [2.75, 3.05) is 5.32 Å². The molecule has 2 aromatic carbocycles. The molecule has 2 unspecified atom stereocenters. The van der Waals surface area contributed by atoms with Gasteiger partial charge in [-0.2, -0.15) is 0 Å². The number of nitrogens with one attached hydrogen (secondary N) is 2. The molecule has 0 aliphatic carbocycles. The minimum atomic E-state index is -0.352. The molecule has 4 nitrogen and oxygen atoms in total.